The van der Waals surface area contributed by atoms with Crippen LogP contribution in [0.25, 0.3) is 16.8 Å². The number of carbonyl (C=O) groups is 2. The van der Waals surface area contributed by atoms with Gasteiger partial charge in [0.2, 0.25) is 5.91 Å². The number of rotatable bonds is 5. The average Bonchev–Trinajstić information content (AvgIpc) is 3.35. The molecule has 198 valence electrons. The van der Waals surface area contributed by atoms with Gasteiger partial charge in [0.15, 0.2) is 5.82 Å². The molecule has 0 unspecified atom stereocenters. The van der Waals surface area contributed by atoms with Crippen molar-refractivity contribution in [1.29, 1.82) is 0 Å². The van der Waals surface area contributed by atoms with Crippen LogP contribution in [0.5, 0.6) is 0 Å². The van der Waals surface area contributed by atoms with Gasteiger partial charge in [0, 0.05) is 24.2 Å². The number of nitrogens with two attached hydrogens (primary N) is 1. The molecule has 0 bridgehead atoms. The van der Waals surface area contributed by atoms with Gasteiger partial charge in [-0.15, -0.1) is 0 Å². The number of aryl methyl sites for hydroxylation is 2. The molecule has 3 aromatic heterocycles. The van der Waals surface area contributed by atoms with Crippen molar-refractivity contribution in [2.24, 2.45) is 5.92 Å². The number of nitrogen functional groups attached to an aromatic ring is 1. The second-order valence-electron chi connectivity index (χ2n) is 9.59. The lowest BCUT2D eigenvalue weighted by molar-refractivity contribution is -0.136. The highest BCUT2D eigenvalue weighted by Gasteiger charge is 2.38. The van der Waals surface area contributed by atoms with Gasteiger partial charge in [-0.1, -0.05) is 13.8 Å². The van der Waals surface area contributed by atoms with Crippen LogP contribution in [-0.4, -0.2) is 61.6 Å². The molecule has 1 fully saturated rings. The summed E-state index contributed by atoms with van der Waals surface area (Å²) >= 11 is 0. The van der Waals surface area contributed by atoms with Gasteiger partial charge in [0.25, 0.3) is 5.91 Å². The molecule has 2 amide bonds. The van der Waals surface area contributed by atoms with Gasteiger partial charge in [-0.2, -0.15) is 18.3 Å². The van der Waals surface area contributed by atoms with E-state index in [9.17, 15) is 27.2 Å². The minimum Gasteiger partial charge on any atom is -0.382 e. The van der Waals surface area contributed by atoms with E-state index in [2.05, 4.69) is 20.4 Å². The van der Waals surface area contributed by atoms with E-state index in [0.717, 1.165) is 16.9 Å². The highest BCUT2D eigenvalue weighted by Crippen LogP contribution is 2.39. The summed E-state index contributed by atoms with van der Waals surface area (Å²) < 4.78 is 57.0. The van der Waals surface area contributed by atoms with E-state index >= 15 is 0 Å². The molecule has 37 heavy (non-hydrogen) atoms. The zero-order chi connectivity index (χ0) is 27.2. The Kier molecular flexibility index (Phi) is 6.82. The first-order chi connectivity index (χ1) is 17.3. The van der Waals surface area contributed by atoms with E-state index in [4.69, 9.17) is 5.73 Å². The Labute approximate surface area is 210 Å². The molecule has 0 aromatic carbocycles. The maximum absolute atomic E-state index is 14.7. The van der Waals surface area contributed by atoms with Gasteiger partial charge < -0.3 is 16.0 Å². The van der Waals surface area contributed by atoms with E-state index in [1.165, 1.54) is 11.0 Å². The standard InChI is InChI=1S/C24H27F4N7O2/c1-11(2)5-20(36)34-8-17(25)18(9-34)33-23(37)15-6-14(12(3)32-13(15)4)19-7-16(24(26,27)28)21-22(29)30-10-31-35(19)21/h6-7,10-11,17-18H,5,8-9H2,1-4H3,(H,33,37)(H2,29,30,31)/t17-,18+/m0/s1. The maximum Gasteiger partial charge on any atom is 0.418 e. The SMILES string of the molecule is Cc1nc(C)c(-c2cc(C(F)(F)F)c3c(N)ncnn23)cc1C(=O)N[C@@H]1CN(C(=O)CC(C)C)C[C@@H]1F. The molecular formula is C24H27F4N7O2. The fourth-order valence-corrected chi connectivity index (χ4v) is 4.52. The fourth-order valence-electron chi connectivity index (χ4n) is 4.52. The zero-order valence-corrected chi connectivity index (χ0v) is 20.7. The van der Waals surface area contributed by atoms with Gasteiger partial charge in [0.05, 0.1) is 35.1 Å². The highest BCUT2D eigenvalue weighted by molar-refractivity contribution is 5.97. The summed E-state index contributed by atoms with van der Waals surface area (Å²) in [7, 11) is 0. The number of alkyl halides is 4. The minimum atomic E-state index is -4.73. The van der Waals surface area contributed by atoms with Crippen LogP contribution < -0.4 is 11.1 Å². The number of aromatic nitrogens is 4. The lowest BCUT2D eigenvalue weighted by Crippen LogP contribution is -2.42. The van der Waals surface area contributed by atoms with Gasteiger partial charge in [0.1, 0.15) is 18.0 Å². The highest BCUT2D eigenvalue weighted by atomic mass is 19.4. The maximum atomic E-state index is 14.7. The second kappa shape index (κ2) is 9.60. The molecular weight excluding hydrogens is 494 g/mol. The molecule has 4 rings (SSSR count). The van der Waals surface area contributed by atoms with E-state index in [0.29, 0.717) is 11.4 Å². The minimum absolute atomic E-state index is 0.0187. The first-order valence-electron chi connectivity index (χ1n) is 11.7. The molecule has 1 aliphatic rings. The number of hydrogen-bond donors (Lipinski definition) is 2. The summed E-state index contributed by atoms with van der Waals surface area (Å²) in [5.41, 5.74) is 5.27. The Morgan fingerprint density at radius 3 is 2.54 bits per heavy atom. The van der Waals surface area contributed by atoms with Gasteiger partial charge in [-0.3, -0.25) is 14.6 Å². The van der Waals surface area contributed by atoms with Crippen LogP contribution in [0, 0.1) is 19.8 Å². The van der Waals surface area contributed by atoms with Crippen molar-refractivity contribution in [2.75, 3.05) is 18.8 Å². The van der Waals surface area contributed by atoms with Crippen LogP contribution in [0.1, 0.15) is 47.6 Å². The topological polar surface area (TPSA) is 119 Å². The zero-order valence-electron chi connectivity index (χ0n) is 20.7. The summed E-state index contributed by atoms with van der Waals surface area (Å²) in [5.74, 6) is -1.08. The van der Waals surface area contributed by atoms with Crippen molar-refractivity contribution in [1.82, 2.24) is 29.8 Å². The molecule has 0 aliphatic carbocycles. The first-order valence-corrected chi connectivity index (χ1v) is 11.7. The quantitative estimate of drug-likeness (QED) is 0.498. The first kappa shape index (κ1) is 26.3. The Balaban J connectivity index is 1.68. The van der Waals surface area contributed by atoms with Crippen LogP contribution in [0.3, 0.4) is 0 Å². The van der Waals surface area contributed by atoms with Crippen LogP contribution in [-0.2, 0) is 11.0 Å². The molecule has 2 atom stereocenters. The summed E-state index contributed by atoms with van der Waals surface area (Å²) in [4.78, 5) is 34.9. The van der Waals surface area contributed by atoms with Crippen molar-refractivity contribution in [3.8, 4) is 11.3 Å². The van der Waals surface area contributed by atoms with Crippen molar-refractivity contribution in [3.05, 3.63) is 41.0 Å². The normalized spacial score (nSPS) is 18.1. The average molecular weight is 522 g/mol. The molecule has 9 nitrogen and oxygen atoms in total. The van der Waals surface area contributed by atoms with E-state index in [1.807, 2.05) is 13.8 Å². The predicted molar refractivity (Wildman–Crippen MR) is 127 cm³/mol. The van der Waals surface area contributed by atoms with Crippen molar-refractivity contribution < 1.29 is 27.2 Å². The number of amides is 2. The number of pyridine rings is 1. The molecule has 1 aliphatic heterocycles. The summed E-state index contributed by atoms with van der Waals surface area (Å²) in [6, 6.07) is 1.36. The smallest absolute Gasteiger partial charge is 0.382 e. The van der Waals surface area contributed by atoms with Gasteiger partial charge in [-0.25, -0.2) is 13.9 Å². The monoisotopic (exact) mass is 521 g/mol. The third-order valence-corrected chi connectivity index (χ3v) is 6.31. The van der Waals surface area contributed by atoms with E-state index in [1.54, 1.807) is 13.8 Å². The van der Waals surface area contributed by atoms with E-state index in [-0.39, 0.29) is 54.0 Å². The largest absolute Gasteiger partial charge is 0.418 e. The molecule has 1 saturated heterocycles. The Bertz CT molecular complexity index is 1370. The number of hydrogen-bond acceptors (Lipinski definition) is 6. The Morgan fingerprint density at radius 2 is 1.89 bits per heavy atom. The molecule has 3 N–H and O–H groups in total. The lowest BCUT2D eigenvalue weighted by atomic mass is 10.0. The molecule has 13 heteroatoms. The second-order valence-corrected chi connectivity index (χ2v) is 9.59. The number of anilines is 1. The molecule has 4 heterocycles. The summed E-state index contributed by atoms with van der Waals surface area (Å²) in [6.07, 6.45) is -4.88. The van der Waals surface area contributed by atoms with Crippen LogP contribution in [0.4, 0.5) is 23.4 Å². The van der Waals surface area contributed by atoms with Crippen molar-refractivity contribution >= 4 is 23.1 Å². The molecule has 0 radical (unpaired) electrons. The Hall–Kier alpha value is -3.77. The number of halogens is 4. The van der Waals surface area contributed by atoms with E-state index < -0.39 is 35.4 Å². The molecule has 3 aromatic rings. The lowest BCUT2D eigenvalue weighted by Gasteiger charge is -2.18. The van der Waals surface area contributed by atoms with Gasteiger partial charge >= 0.3 is 6.18 Å². The van der Waals surface area contributed by atoms with Gasteiger partial charge in [-0.05, 0) is 31.9 Å². The fraction of sp³-hybridized carbons (Fsp3) is 0.458. The summed E-state index contributed by atoms with van der Waals surface area (Å²) in [6.45, 7) is 6.84. The number of nitrogens with one attached hydrogen (secondary N) is 1. The number of fused-ring (bicyclic) bond motifs is 1. The van der Waals surface area contributed by atoms with Crippen LogP contribution in [0.2, 0.25) is 0 Å². The van der Waals surface area contributed by atoms with Crippen LogP contribution >= 0.6 is 0 Å². The van der Waals surface area contributed by atoms with Crippen LogP contribution in [0.15, 0.2) is 18.5 Å². The number of likely N-dealkylation sites (tertiary alicyclic amines) is 1. The number of carbonyl (C=O) groups excluding carboxylic acids is 2. The third-order valence-electron chi connectivity index (χ3n) is 6.31. The van der Waals surface area contributed by atoms with Crippen molar-refractivity contribution in [3.63, 3.8) is 0 Å². The van der Waals surface area contributed by atoms with Crippen molar-refractivity contribution in [2.45, 2.75) is 52.5 Å². The summed E-state index contributed by atoms with van der Waals surface area (Å²) in [5, 5.41) is 6.56. The Morgan fingerprint density at radius 1 is 1.19 bits per heavy atom. The predicted octanol–water partition coefficient (Wildman–Crippen LogP) is 3.33. The molecule has 0 spiro atoms. The molecule has 0 saturated carbocycles. The third kappa shape index (κ3) is 5.07. The number of nitrogens with zero attached hydrogens (tertiary/aromatic N) is 5.